The number of rotatable bonds is 10. The van der Waals surface area contributed by atoms with Crippen molar-refractivity contribution in [3.8, 4) is 5.69 Å². The van der Waals surface area contributed by atoms with Crippen molar-refractivity contribution in [2.75, 3.05) is 5.32 Å². The van der Waals surface area contributed by atoms with E-state index in [1.165, 1.54) is 41.3 Å². The molecule has 3 aromatic rings. The molecule has 0 bridgehead atoms. The number of carboxylic acid groups (broad SMARTS) is 1. The summed E-state index contributed by atoms with van der Waals surface area (Å²) in [7, 11) is 0. The Kier molecular flexibility index (Phi) is 8.20. The van der Waals surface area contributed by atoms with Crippen LogP contribution in [-0.2, 0) is 22.3 Å². The fraction of sp³-hybridized carbons (Fsp3) is 0.345. The van der Waals surface area contributed by atoms with Crippen LogP contribution in [0.25, 0.3) is 5.69 Å². The van der Waals surface area contributed by atoms with Crippen LogP contribution in [-0.4, -0.2) is 43.6 Å². The molecule has 1 aliphatic heterocycles. The van der Waals surface area contributed by atoms with Gasteiger partial charge < -0.3 is 15.7 Å². The molecule has 2 aromatic carbocycles. The lowest BCUT2D eigenvalue weighted by Gasteiger charge is -2.27. The zero-order chi connectivity index (χ0) is 30.9. The number of carbonyl (C=O) groups is 4. The van der Waals surface area contributed by atoms with Gasteiger partial charge in [0.05, 0.1) is 17.4 Å². The van der Waals surface area contributed by atoms with Crippen LogP contribution >= 0.6 is 0 Å². The van der Waals surface area contributed by atoms with Crippen molar-refractivity contribution >= 4 is 29.5 Å². The van der Waals surface area contributed by atoms with Gasteiger partial charge in [0.1, 0.15) is 11.5 Å². The predicted octanol–water partition coefficient (Wildman–Crippen LogP) is 5.43. The molecule has 14 heteroatoms. The van der Waals surface area contributed by atoms with E-state index in [1.54, 1.807) is 0 Å². The lowest BCUT2D eigenvalue weighted by Crippen LogP contribution is -2.33. The molecule has 43 heavy (non-hydrogen) atoms. The van der Waals surface area contributed by atoms with Gasteiger partial charge in [0.2, 0.25) is 11.8 Å². The quantitative estimate of drug-likeness (QED) is 0.210. The van der Waals surface area contributed by atoms with Crippen LogP contribution < -0.4 is 10.6 Å². The monoisotopic (exact) mass is 601 g/mol. The summed E-state index contributed by atoms with van der Waals surface area (Å²) in [5.41, 5.74) is -1.45. The standard InChI is InChI=1S/C29H27F4N5O5/c30-20-8-7-18(22(9-6-16-4-5-16)37-25(39)10-11-26(37)40)13-21(20)35-27(41)23-14-24(29(31,32)33)36-38(23)19-3-1-2-17(12-19)15-34-28(42)43/h1-3,7-8,12-14,16,22,34H,4-6,9-11,15H2,(H,35,41)(H,42,43). The number of likely N-dealkylation sites (tertiary alicyclic amines) is 1. The highest BCUT2D eigenvalue weighted by Crippen LogP contribution is 2.39. The molecule has 1 aromatic heterocycles. The minimum Gasteiger partial charge on any atom is -0.465 e. The average molecular weight is 602 g/mol. The molecule has 0 radical (unpaired) electrons. The van der Waals surface area contributed by atoms with Crippen molar-refractivity contribution in [2.45, 2.75) is 57.3 Å². The number of alkyl halides is 3. The number of carbonyl (C=O) groups excluding carboxylic acids is 3. The van der Waals surface area contributed by atoms with Crippen LogP contribution in [0.2, 0.25) is 0 Å². The van der Waals surface area contributed by atoms with Crippen molar-refractivity contribution < 1.29 is 41.8 Å². The molecule has 2 aliphatic rings. The maximum atomic E-state index is 15.0. The van der Waals surface area contributed by atoms with Gasteiger partial charge in [0, 0.05) is 25.5 Å². The average Bonchev–Trinajstić information content (AvgIpc) is 3.56. The van der Waals surface area contributed by atoms with E-state index in [1.807, 2.05) is 0 Å². The summed E-state index contributed by atoms with van der Waals surface area (Å²) in [6.07, 6.45) is -2.76. The summed E-state index contributed by atoms with van der Waals surface area (Å²) in [6.45, 7) is -0.153. The van der Waals surface area contributed by atoms with E-state index in [9.17, 15) is 36.7 Å². The molecule has 1 atom stereocenters. The van der Waals surface area contributed by atoms with Crippen LogP contribution in [0.15, 0.2) is 48.5 Å². The first kappa shape index (κ1) is 29.7. The number of aromatic nitrogens is 2. The lowest BCUT2D eigenvalue weighted by molar-refractivity contribution is -0.142. The molecule has 2 heterocycles. The third kappa shape index (κ3) is 6.84. The van der Waals surface area contributed by atoms with E-state index in [4.69, 9.17) is 5.11 Å². The van der Waals surface area contributed by atoms with Gasteiger partial charge in [0.15, 0.2) is 5.69 Å². The Labute approximate surface area is 242 Å². The maximum Gasteiger partial charge on any atom is 0.435 e. The van der Waals surface area contributed by atoms with E-state index in [0.29, 0.717) is 29.5 Å². The molecule has 4 amide bonds. The van der Waals surface area contributed by atoms with Crippen LogP contribution in [0.5, 0.6) is 0 Å². The van der Waals surface area contributed by atoms with E-state index in [-0.39, 0.29) is 42.6 Å². The molecule has 1 saturated carbocycles. The van der Waals surface area contributed by atoms with Gasteiger partial charge in [-0.05, 0) is 54.2 Å². The summed E-state index contributed by atoms with van der Waals surface area (Å²) in [5.74, 6) is -2.18. The number of halogens is 4. The largest absolute Gasteiger partial charge is 0.465 e. The number of hydrogen-bond donors (Lipinski definition) is 3. The summed E-state index contributed by atoms with van der Waals surface area (Å²) in [5, 5.41) is 16.9. The predicted molar refractivity (Wildman–Crippen MR) is 144 cm³/mol. The minimum atomic E-state index is -4.91. The van der Waals surface area contributed by atoms with Crippen LogP contribution in [0.3, 0.4) is 0 Å². The highest BCUT2D eigenvalue weighted by molar-refractivity contribution is 6.04. The Morgan fingerprint density at radius 2 is 1.77 bits per heavy atom. The number of benzene rings is 2. The molecule has 1 unspecified atom stereocenters. The Bertz CT molecular complexity index is 1570. The van der Waals surface area contributed by atoms with Crippen LogP contribution in [0.4, 0.5) is 28.0 Å². The van der Waals surface area contributed by atoms with Gasteiger partial charge in [-0.1, -0.05) is 31.0 Å². The second-order valence-electron chi connectivity index (χ2n) is 10.5. The minimum absolute atomic E-state index is 0.0331. The fourth-order valence-electron chi connectivity index (χ4n) is 5.07. The first-order chi connectivity index (χ1) is 20.4. The zero-order valence-electron chi connectivity index (χ0n) is 22.7. The van der Waals surface area contributed by atoms with E-state index in [2.05, 4.69) is 15.7 Å². The lowest BCUT2D eigenvalue weighted by atomic mass is 9.98. The van der Waals surface area contributed by atoms with Gasteiger partial charge in [-0.3, -0.25) is 19.3 Å². The van der Waals surface area contributed by atoms with Gasteiger partial charge in [-0.25, -0.2) is 13.9 Å². The molecule has 3 N–H and O–H groups in total. The molecule has 1 saturated heterocycles. The zero-order valence-corrected chi connectivity index (χ0v) is 22.7. The first-order valence-electron chi connectivity index (χ1n) is 13.6. The van der Waals surface area contributed by atoms with Crippen molar-refractivity contribution in [1.82, 2.24) is 20.0 Å². The van der Waals surface area contributed by atoms with Crippen molar-refractivity contribution in [1.29, 1.82) is 0 Å². The van der Waals surface area contributed by atoms with Crippen LogP contribution in [0.1, 0.15) is 71.9 Å². The number of hydrogen-bond acceptors (Lipinski definition) is 5. The summed E-state index contributed by atoms with van der Waals surface area (Å²) < 4.78 is 56.6. The van der Waals surface area contributed by atoms with E-state index >= 15 is 0 Å². The molecular formula is C29H27F4N5O5. The number of amides is 4. The molecule has 0 spiro atoms. The topological polar surface area (TPSA) is 134 Å². The normalized spacial score (nSPS) is 16.0. The first-order valence-corrected chi connectivity index (χ1v) is 13.6. The van der Waals surface area contributed by atoms with E-state index < -0.39 is 41.4 Å². The maximum absolute atomic E-state index is 15.0. The second-order valence-corrected chi connectivity index (χ2v) is 10.5. The van der Waals surface area contributed by atoms with Crippen molar-refractivity contribution in [2.24, 2.45) is 5.92 Å². The Morgan fingerprint density at radius 3 is 2.42 bits per heavy atom. The Balaban J connectivity index is 1.46. The van der Waals surface area contributed by atoms with Crippen LogP contribution in [0, 0.1) is 11.7 Å². The van der Waals surface area contributed by atoms with Crippen molar-refractivity contribution in [3.05, 3.63) is 76.9 Å². The molecule has 2 fully saturated rings. The fourth-order valence-corrected chi connectivity index (χ4v) is 5.07. The van der Waals surface area contributed by atoms with Gasteiger partial charge >= 0.3 is 12.3 Å². The third-order valence-electron chi connectivity index (χ3n) is 7.40. The summed E-state index contributed by atoms with van der Waals surface area (Å²) in [4.78, 5) is 50.5. The summed E-state index contributed by atoms with van der Waals surface area (Å²) >= 11 is 0. The molecule has 226 valence electrons. The number of nitrogens with one attached hydrogen (secondary N) is 2. The number of anilines is 1. The molecule has 1 aliphatic carbocycles. The second kappa shape index (κ2) is 11.9. The third-order valence-corrected chi connectivity index (χ3v) is 7.40. The van der Waals surface area contributed by atoms with E-state index in [0.717, 1.165) is 30.0 Å². The Hall–Kier alpha value is -4.75. The number of nitrogens with zero attached hydrogens (tertiary/aromatic N) is 3. The van der Waals surface area contributed by atoms with Gasteiger partial charge in [-0.2, -0.15) is 18.3 Å². The molecular weight excluding hydrogens is 574 g/mol. The SMILES string of the molecule is O=C(O)NCc1cccc(-n2nc(C(F)(F)F)cc2C(=O)Nc2cc(C(CCC3CC3)N3C(=O)CCC3=O)ccc2F)c1. The highest BCUT2D eigenvalue weighted by atomic mass is 19.4. The van der Waals surface area contributed by atoms with Gasteiger partial charge in [-0.15, -0.1) is 0 Å². The van der Waals surface area contributed by atoms with Crippen molar-refractivity contribution in [3.63, 3.8) is 0 Å². The molecule has 5 rings (SSSR count). The molecule has 10 nitrogen and oxygen atoms in total. The highest BCUT2D eigenvalue weighted by Gasteiger charge is 2.38. The van der Waals surface area contributed by atoms with Gasteiger partial charge in [0.25, 0.3) is 5.91 Å². The number of imide groups is 1. The smallest absolute Gasteiger partial charge is 0.435 e. The Morgan fingerprint density at radius 1 is 1.05 bits per heavy atom. The summed E-state index contributed by atoms with van der Waals surface area (Å²) in [6, 6.07) is 9.34.